The van der Waals surface area contributed by atoms with Crippen LogP contribution in [0.15, 0.2) is 53.6 Å². The van der Waals surface area contributed by atoms with E-state index in [0.717, 1.165) is 0 Å². The maximum Gasteiger partial charge on any atom is 0.242 e. The number of hydrogen-bond donors (Lipinski definition) is 2. The lowest BCUT2D eigenvalue weighted by atomic mass is 10.2. The van der Waals surface area contributed by atoms with E-state index in [9.17, 15) is 13.2 Å². The smallest absolute Gasteiger partial charge is 0.242 e. The van der Waals surface area contributed by atoms with Crippen LogP contribution >= 0.6 is 11.8 Å². The maximum atomic E-state index is 12.7. The minimum Gasteiger partial charge on any atom is -0.475 e. The number of nitrogens with zero attached hydrogens (tertiary/aromatic N) is 1. The molecule has 0 aliphatic heterocycles. The quantitative estimate of drug-likeness (QED) is 0.488. The van der Waals surface area contributed by atoms with Crippen LogP contribution in [0, 0.1) is 0 Å². The van der Waals surface area contributed by atoms with Crippen molar-refractivity contribution in [3.05, 3.63) is 48.7 Å². The number of amides is 1. The highest BCUT2D eigenvalue weighted by atomic mass is 32.2. The number of methoxy groups -OCH3 is 1. The number of thioether (sulfide) groups is 1. The lowest BCUT2D eigenvalue weighted by Gasteiger charge is -2.18. The molecule has 10 heteroatoms. The van der Waals surface area contributed by atoms with Crippen LogP contribution in [0.1, 0.15) is 6.42 Å². The molecular formula is C19H25N3O5S2. The average Bonchev–Trinajstić information content (AvgIpc) is 2.73. The summed E-state index contributed by atoms with van der Waals surface area (Å²) in [5.41, 5.74) is 0.446. The van der Waals surface area contributed by atoms with Gasteiger partial charge in [-0.25, -0.2) is 13.4 Å². The first-order valence-electron chi connectivity index (χ1n) is 8.91. The van der Waals surface area contributed by atoms with Crippen molar-refractivity contribution in [2.45, 2.75) is 17.4 Å². The van der Waals surface area contributed by atoms with Crippen molar-refractivity contribution in [1.29, 1.82) is 0 Å². The number of ether oxygens (including phenoxy) is 2. The Kier molecular flexibility index (Phi) is 9.39. The van der Waals surface area contributed by atoms with Crippen LogP contribution in [-0.2, 0) is 19.6 Å². The standard InChI is InChI=1S/C19H25N3O5S2/c1-26-11-12-27-18-9-8-15(14-20-18)21-19(23)17(10-13-28-2)22-29(24,25)16-6-4-3-5-7-16/h3-9,14,17,22H,10-13H2,1-2H3,(H,21,23). The Morgan fingerprint density at radius 1 is 1.17 bits per heavy atom. The van der Waals surface area contributed by atoms with Gasteiger partial charge in [0.2, 0.25) is 21.8 Å². The summed E-state index contributed by atoms with van der Waals surface area (Å²) in [6, 6.07) is 10.3. The normalized spacial score (nSPS) is 12.3. The highest BCUT2D eigenvalue weighted by molar-refractivity contribution is 7.98. The monoisotopic (exact) mass is 439 g/mol. The van der Waals surface area contributed by atoms with Crippen LogP contribution < -0.4 is 14.8 Å². The molecule has 1 aromatic carbocycles. The van der Waals surface area contributed by atoms with Crippen LogP contribution in [0.3, 0.4) is 0 Å². The Hall–Kier alpha value is -2.14. The molecule has 0 saturated heterocycles. The van der Waals surface area contributed by atoms with Crippen LogP contribution in [0.25, 0.3) is 0 Å². The van der Waals surface area contributed by atoms with Crippen molar-refractivity contribution < 1.29 is 22.7 Å². The second-order valence-corrected chi connectivity index (χ2v) is 8.68. The summed E-state index contributed by atoms with van der Waals surface area (Å²) in [6.07, 6.45) is 3.70. The van der Waals surface area contributed by atoms with Gasteiger partial charge in [0.05, 0.1) is 23.4 Å². The second kappa shape index (κ2) is 11.8. The molecule has 0 aliphatic rings. The average molecular weight is 440 g/mol. The van der Waals surface area contributed by atoms with E-state index in [4.69, 9.17) is 9.47 Å². The SMILES string of the molecule is COCCOc1ccc(NC(=O)C(CCSC)NS(=O)(=O)c2ccccc2)cn1. The Morgan fingerprint density at radius 3 is 2.55 bits per heavy atom. The van der Waals surface area contributed by atoms with Gasteiger partial charge >= 0.3 is 0 Å². The number of aromatic nitrogens is 1. The van der Waals surface area contributed by atoms with Gasteiger partial charge in [-0.1, -0.05) is 18.2 Å². The zero-order valence-corrected chi connectivity index (χ0v) is 18.0. The van der Waals surface area contributed by atoms with Gasteiger partial charge in [0.15, 0.2) is 0 Å². The Bertz CT molecular complexity index is 861. The fourth-order valence-electron chi connectivity index (χ4n) is 2.33. The molecule has 1 heterocycles. The van der Waals surface area contributed by atoms with E-state index in [1.165, 1.54) is 30.1 Å². The lowest BCUT2D eigenvalue weighted by Crippen LogP contribution is -2.44. The van der Waals surface area contributed by atoms with Crippen molar-refractivity contribution >= 4 is 33.4 Å². The highest BCUT2D eigenvalue weighted by Gasteiger charge is 2.25. The molecule has 8 nitrogen and oxygen atoms in total. The number of sulfonamides is 1. The van der Waals surface area contributed by atoms with Gasteiger partial charge in [-0.2, -0.15) is 16.5 Å². The largest absolute Gasteiger partial charge is 0.475 e. The maximum absolute atomic E-state index is 12.7. The topological polar surface area (TPSA) is 107 Å². The number of benzene rings is 1. The molecular weight excluding hydrogens is 414 g/mol. The van der Waals surface area contributed by atoms with Crippen LogP contribution in [0.4, 0.5) is 5.69 Å². The van der Waals surface area contributed by atoms with Crippen LogP contribution in [0.5, 0.6) is 5.88 Å². The number of rotatable bonds is 12. The van der Waals surface area contributed by atoms with Gasteiger partial charge in [-0.05, 0) is 36.6 Å². The number of nitrogens with one attached hydrogen (secondary N) is 2. The molecule has 1 unspecified atom stereocenters. The van der Waals surface area contributed by atoms with Crippen molar-refractivity contribution in [3.63, 3.8) is 0 Å². The van der Waals surface area contributed by atoms with E-state index in [-0.39, 0.29) is 4.90 Å². The third-order valence-corrected chi connectivity index (χ3v) is 5.95. The number of carbonyl (C=O) groups excluding carboxylic acids is 1. The second-order valence-electron chi connectivity index (χ2n) is 5.98. The summed E-state index contributed by atoms with van der Waals surface area (Å²) in [4.78, 5) is 16.9. The summed E-state index contributed by atoms with van der Waals surface area (Å²) >= 11 is 1.53. The molecule has 2 rings (SSSR count). The third kappa shape index (κ3) is 7.65. The van der Waals surface area contributed by atoms with E-state index >= 15 is 0 Å². The van der Waals surface area contributed by atoms with Crippen molar-refractivity contribution in [1.82, 2.24) is 9.71 Å². The summed E-state index contributed by atoms with van der Waals surface area (Å²) in [5, 5.41) is 2.70. The number of pyridine rings is 1. The summed E-state index contributed by atoms with van der Waals surface area (Å²) in [5.74, 6) is 0.581. The molecule has 0 saturated carbocycles. The Labute approximate surface area is 175 Å². The van der Waals surface area contributed by atoms with E-state index in [1.54, 1.807) is 37.4 Å². The van der Waals surface area contributed by atoms with Crippen molar-refractivity contribution in [2.75, 3.05) is 37.6 Å². The Morgan fingerprint density at radius 2 is 1.93 bits per heavy atom. The summed E-state index contributed by atoms with van der Waals surface area (Å²) in [7, 11) is -2.24. The van der Waals surface area contributed by atoms with Gasteiger partial charge in [-0.3, -0.25) is 4.79 Å². The minimum absolute atomic E-state index is 0.112. The molecule has 2 N–H and O–H groups in total. The van der Waals surface area contributed by atoms with Gasteiger partial charge in [-0.15, -0.1) is 0 Å². The van der Waals surface area contributed by atoms with Crippen LogP contribution in [0.2, 0.25) is 0 Å². The molecule has 1 amide bonds. The number of carbonyl (C=O) groups is 1. The molecule has 29 heavy (non-hydrogen) atoms. The molecule has 158 valence electrons. The molecule has 1 atom stereocenters. The fraction of sp³-hybridized carbons (Fsp3) is 0.368. The minimum atomic E-state index is -3.81. The van der Waals surface area contributed by atoms with E-state index in [2.05, 4.69) is 15.0 Å². The van der Waals surface area contributed by atoms with Gasteiger partial charge < -0.3 is 14.8 Å². The van der Waals surface area contributed by atoms with Crippen molar-refractivity contribution in [3.8, 4) is 5.88 Å². The van der Waals surface area contributed by atoms with Gasteiger partial charge in [0.25, 0.3) is 0 Å². The van der Waals surface area contributed by atoms with E-state index in [1.807, 2.05) is 6.26 Å². The molecule has 0 spiro atoms. The van der Waals surface area contributed by atoms with Gasteiger partial charge in [0.1, 0.15) is 12.6 Å². The summed E-state index contributed by atoms with van der Waals surface area (Å²) in [6.45, 7) is 0.812. The molecule has 0 aliphatic carbocycles. The Balaban J connectivity index is 2.04. The first kappa shape index (κ1) is 23.1. The molecule has 0 fully saturated rings. The zero-order valence-electron chi connectivity index (χ0n) is 16.3. The van der Waals surface area contributed by atoms with Gasteiger partial charge in [0, 0.05) is 13.2 Å². The van der Waals surface area contributed by atoms with Crippen molar-refractivity contribution in [2.24, 2.45) is 0 Å². The molecule has 0 bridgehead atoms. The first-order chi connectivity index (χ1) is 14.0. The van der Waals surface area contributed by atoms with E-state index in [0.29, 0.717) is 37.0 Å². The van der Waals surface area contributed by atoms with E-state index < -0.39 is 22.0 Å². The number of anilines is 1. The summed E-state index contributed by atoms with van der Waals surface area (Å²) < 4.78 is 38.0. The number of hydrogen-bond acceptors (Lipinski definition) is 7. The highest BCUT2D eigenvalue weighted by Crippen LogP contribution is 2.14. The fourth-order valence-corrected chi connectivity index (χ4v) is 4.06. The molecule has 0 radical (unpaired) electrons. The lowest BCUT2D eigenvalue weighted by molar-refractivity contribution is -0.117. The zero-order chi connectivity index (χ0) is 21.1. The predicted molar refractivity (Wildman–Crippen MR) is 114 cm³/mol. The first-order valence-corrected chi connectivity index (χ1v) is 11.8. The molecule has 1 aromatic heterocycles. The predicted octanol–water partition coefficient (Wildman–Crippen LogP) is 2.15. The van der Waals surface area contributed by atoms with Crippen LogP contribution in [-0.4, -0.2) is 57.7 Å². The molecule has 2 aromatic rings. The third-order valence-electron chi connectivity index (χ3n) is 3.82.